The highest BCUT2D eigenvalue weighted by atomic mass is 19.1. The Morgan fingerprint density at radius 2 is 2.14 bits per heavy atom. The van der Waals surface area contributed by atoms with Crippen molar-refractivity contribution in [2.45, 2.75) is 18.9 Å². The van der Waals surface area contributed by atoms with Gasteiger partial charge >= 0.3 is 5.97 Å². The third kappa shape index (κ3) is 3.05. The fourth-order valence-corrected chi connectivity index (χ4v) is 2.57. The van der Waals surface area contributed by atoms with E-state index in [1.54, 1.807) is 0 Å². The molecular formula is C14H16FN3O4. The van der Waals surface area contributed by atoms with Crippen LogP contribution in [0.2, 0.25) is 0 Å². The van der Waals surface area contributed by atoms with Gasteiger partial charge in [0.2, 0.25) is 5.91 Å². The first-order valence-corrected chi connectivity index (χ1v) is 6.80. The first-order chi connectivity index (χ1) is 10.5. The molecule has 7 nitrogen and oxygen atoms in total. The van der Waals surface area contributed by atoms with Gasteiger partial charge in [-0.1, -0.05) is 0 Å². The number of rotatable bonds is 3. The summed E-state index contributed by atoms with van der Waals surface area (Å²) in [4.78, 5) is 40.1. The van der Waals surface area contributed by atoms with Crippen LogP contribution in [0.3, 0.4) is 0 Å². The minimum absolute atomic E-state index is 0.0583. The van der Waals surface area contributed by atoms with Crippen LogP contribution in [-0.4, -0.2) is 52.4 Å². The molecule has 1 saturated heterocycles. The number of hydrogen-bond donors (Lipinski definition) is 2. The highest BCUT2D eigenvalue weighted by Gasteiger charge is 2.39. The number of pyridine rings is 1. The zero-order chi connectivity index (χ0) is 16.3. The lowest BCUT2D eigenvalue weighted by atomic mass is 9.91. The summed E-state index contributed by atoms with van der Waals surface area (Å²) in [5.41, 5.74) is -0.251. The smallest absolute Gasteiger partial charge is 0.326 e. The molecular weight excluding hydrogens is 293 g/mol. The molecule has 0 unspecified atom stereocenters. The Labute approximate surface area is 126 Å². The van der Waals surface area contributed by atoms with Crippen molar-refractivity contribution in [1.29, 1.82) is 0 Å². The lowest BCUT2D eigenvalue weighted by Gasteiger charge is -2.36. The van der Waals surface area contributed by atoms with Crippen LogP contribution in [0.4, 0.5) is 4.39 Å². The predicted molar refractivity (Wildman–Crippen MR) is 73.4 cm³/mol. The van der Waals surface area contributed by atoms with E-state index in [0.717, 1.165) is 11.1 Å². The topological polar surface area (TPSA) is 99.6 Å². The van der Waals surface area contributed by atoms with Crippen LogP contribution in [0, 0.1) is 11.7 Å². The Balaban J connectivity index is 2.29. The van der Waals surface area contributed by atoms with Gasteiger partial charge in [0.15, 0.2) is 5.82 Å². The number of likely N-dealkylation sites (tertiary alicyclic amines) is 1. The van der Waals surface area contributed by atoms with Crippen molar-refractivity contribution >= 4 is 17.8 Å². The molecule has 1 aromatic heterocycles. The van der Waals surface area contributed by atoms with E-state index in [1.165, 1.54) is 19.3 Å². The number of amides is 2. The summed E-state index contributed by atoms with van der Waals surface area (Å²) in [5.74, 6) is -3.51. The van der Waals surface area contributed by atoms with E-state index >= 15 is 0 Å². The lowest BCUT2D eigenvalue weighted by molar-refractivity contribution is -0.145. The minimum Gasteiger partial charge on any atom is -0.480 e. The Morgan fingerprint density at radius 1 is 1.41 bits per heavy atom. The van der Waals surface area contributed by atoms with Crippen LogP contribution in [0.15, 0.2) is 18.5 Å². The van der Waals surface area contributed by atoms with Gasteiger partial charge in [-0.05, 0) is 18.9 Å². The van der Waals surface area contributed by atoms with Crippen LogP contribution in [-0.2, 0) is 9.59 Å². The van der Waals surface area contributed by atoms with Gasteiger partial charge < -0.3 is 15.3 Å². The summed E-state index contributed by atoms with van der Waals surface area (Å²) in [6.45, 7) is -0.0583. The molecule has 0 aromatic carbocycles. The zero-order valence-electron chi connectivity index (χ0n) is 12.0. The monoisotopic (exact) mass is 309 g/mol. The highest BCUT2D eigenvalue weighted by molar-refractivity contribution is 5.97. The number of nitrogens with one attached hydrogen (secondary N) is 1. The predicted octanol–water partition coefficient (Wildman–Crippen LogP) is 0.272. The molecule has 0 spiro atoms. The van der Waals surface area contributed by atoms with Gasteiger partial charge in [-0.2, -0.15) is 0 Å². The number of aliphatic carboxylic acids is 1. The molecule has 2 atom stereocenters. The molecule has 0 saturated carbocycles. The first-order valence-electron chi connectivity index (χ1n) is 6.80. The number of hydrogen-bond acceptors (Lipinski definition) is 4. The van der Waals surface area contributed by atoms with E-state index < -0.39 is 29.7 Å². The quantitative estimate of drug-likeness (QED) is 0.835. The summed E-state index contributed by atoms with van der Waals surface area (Å²) < 4.78 is 13.7. The molecule has 22 heavy (non-hydrogen) atoms. The molecule has 2 N–H and O–H groups in total. The average molecular weight is 309 g/mol. The van der Waals surface area contributed by atoms with E-state index in [4.69, 9.17) is 0 Å². The van der Waals surface area contributed by atoms with Crippen molar-refractivity contribution in [3.63, 3.8) is 0 Å². The van der Waals surface area contributed by atoms with Gasteiger partial charge in [0, 0.05) is 19.8 Å². The molecule has 0 radical (unpaired) electrons. The number of halogens is 1. The maximum absolute atomic E-state index is 13.7. The molecule has 1 aliphatic heterocycles. The second kappa shape index (κ2) is 6.50. The molecule has 2 amide bonds. The van der Waals surface area contributed by atoms with Crippen molar-refractivity contribution < 1.29 is 23.9 Å². The Bertz CT molecular complexity index is 608. The van der Waals surface area contributed by atoms with Crippen LogP contribution < -0.4 is 5.32 Å². The summed E-state index contributed by atoms with van der Waals surface area (Å²) in [7, 11) is 1.47. The van der Waals surface area contributed by atoms with E-state index in [-0.39, 0.29) is 24.4 Å². The maximum Gasteiger partial charge on any atom is 0.326 e. The maximum atomic E-state index is 13.7. The summed E-state index contributed by atoms with van der Waals surface area (Å²) in [6.07, 6.45) is 2.65. The highest BCUT2D eigenvalue weighted by Crippen LogP contribution is 2.25. The Morgan fingerprint density at radius 3 is 2.73 bits per heavy atom. The van der Waals surface area contributed by atoms with Gasteiger partial charge in [-0.25, -0.2) is 9.18 Å². The van der Waals surface area contributed by atoms with Crippen LogP contribution in [0.25, 0.3) is 0 Å². The molecule has 118 valence electrons. The number of aromatic nitrogens is 1. The third-order valence-electron chi connectivity index (χ3n) is 3.75. The van der Waals surface area contributed by atoms with Crippen molar-refractivity contribution in [1.82, 2.24) is 15.2 Å². The lowest BCUT2D eigenvalue weighted by Crippen LogP contribution is -2.53. The van der Waals surface area contributed by atoms with Gasteiger partial charge in [-0.15, -0.1) is 0 Å². The average Bonchev–Trinajstić information content (AvgIpc) is 2.53. The number of carbonyl (C=O) groups is 3. The summed E-state index contributed by atoms with van der Waals surface area (Å²) >= 11 is 0. The third-order valence-corrected chi connectivity index (χ3v) is 3.75. The van der Waals surface area contributed by atoms with Crippen molar-refractivity contribution in [2.75, 3.05) is 13.6 Å². The number of carbonyl (C=O) groups excluding carboxylic acids is 2. The second-order valence-corrected chi connectivity index (χ2v) is 5.06. The normalized spacial score (nSPS) is 21.3. The second-order valence-electron chi connectivity index (χ2n) is 5.06. The molecule has 1 aliphatic rings. The fraction of sp³-hybridized carbons (Fsp3) is 0.429. The molecule has 0 bridgehead atoms. The van der Waals surface area contributed by atoms with Gasteiger partial charge in [-0.3, -0.25) is 14.6 Å². The summed E-state index contributed by atoms with van der Waals surface area (Å²) in [6, 6.07) is 0.126. The van der Waals surface area contributed by atoms with Gasteiger partial charge in [0.1, 0.15) is 6.04 Å². The largest absolute Gasteiger partial charge is 0.480 e. The molecule has 0 aliphatic carbocycles. The Kier molecular flexibility index (Phi) is 4.69. The van der Waals surface area contributed by atoms with Crippen molar-refractivity contribution in [3.05, 3.63) is 29.8 Å². The van der Waals surface area contributed by atoms with Crippen molar-refractivity contribution in [3.8, 4) is 0 Å². The standard InChI is InChI=1S/C14H16FN3O4/c1-16-12(19)8-2-3-11(14(21)22)18(7-8)13(20)9-4-5-17-6-10(9)15/h4-6,8,11H,2-3,7H2,1H3,(H,16,19)(H,21,22)/t8-,11-/m0/s1. The van der Waals surface area contributed by atoms with Crippen LogP contribution in [0.5, 0.6) is 0 Å². The van der Waals surface area contributed by atoms with Crippen LogP contribution in [0.1, 0.15) is 23.2 Å². The van der Waals surface area contributed by atoms with Crippen molar-refractivity contribution in [2.24, 2.45) is 5.92 Å². The number of nitrogens with zero attached hydrogens (tertiary/aromatic N) is 2. The van der Waals surface area contributed by atoms with E-state index in [9.17, 15) is 23.9 Å². The SMILES string of the molecule is CNC(=O)[C@H]1CC[C@@H](C(=O)O)N(C(=O)c2ccncc2F)C1. The van der Waals surface area contributed by atoms with E-state index in [1.807, 2.05) is 0 Å². The molecule has 2 heterocycles. The first kappa shape index (κ1) is 15.9. The zero-order valence-corrected chi connectivity index (χ0v) is 12.0. The summed E-state index contributed by atoms with van der Waals surface area (Å²) in [5, 5.41) is 11.7. The number of carboxylic acids is 1. The minimum atomic E-state index is -1.17. The molecule has 1 fully saturated rings. The number of piperidine rings is 1. The molecule has 8 heteroatoms. The molecule has 2 rings (SSSR count). The van der Waals surface area contributed by atoms with Crippen LogP contribution >= 0.6 is 0 Å². The van der Waals surface area contributed by atoms with Gasteiger partial charge in [0.25, 0.3) is 5.91 Å². The fourth-order valence-electron chi connectivity index (χ4n) is 2.57. The van der Waals surface area contributed by atoms with E-state index in [2.05, 4.69) is 10.3 Å². The Hall–Kier alpha value is -2.51. The van der Waals surface area contributed by atoms with E-state index in [0.29, 0.717) is 6.42 Å². The molecule has 1 aromatic rings. The van der Waals surface area contributed by atoms with Gasteiger partial charge in [0.05, 0.1) is 17.7 Å². The number of carboxylic acid groups (broad SMARTS) is 1.